The van der Waals surface area contributed by atoms with Crippen LogP contribution in [0.2, 0.25) is 0 Å². The predicted octanol–water partition coefficient (Wildman–Crippen LogP) is 0.925. The highest BCUT2D eigenvalue weighted by Crippen LogP contribution is 2.20. The van der Waals surface area contributed by atoms with E-state index in [9.17, 15) is 8.42 Å². The molecular formula is C11H16N2O3S. The van der Waals surface area contributed by atoms with E-state index in [1.807, 2.05) is 0 Å². The maximum absolute atomic E-state index is 11.4. The van der Waals surface area contributed by atoms with Gasteiger partial charge in [-0.3, -0.25) is 0 Å². The third-order valence-corrected chi connectivity index (χ3v) is 3.71. The van der Waals surface area contributed by atoms with Gasteiger partial charge in [-0.25, -0.2) is 13.6 Å². The number of nitrogens with one attached hydrogen (secondary N) is 1. The van der Waals surface area contributed by atoms with E-state index >= 15 is 0 Å². The summed E-state index contributed by atoms with van der Waals surface area (Å²) in [6, 6.07) is 6.62. The highest BCUT2D eigenvalue weighted by Gasteiger charge is 2.17. The van der Waals surface area contributed by atoms with E-state index in [2.05, 4.69) is 5.32 Å². The van der Waals surface area contributed by atoms with Gasteiger partial charge < -0.3 is 10.1 Å². The molecule has 3 N–H and O–H groups in total. The molecule has 0 amide bonds. The normalized spacial score (nSPS) is 20.4. The third-order valence-electron chi connectivity index (χ3n) is 2.74. The number of para-hydroxylation sites is 1. The Morgan fingerprint density at radius 1 is 1.41 bits per heavy atom. The van der Waals surface area contributed by atoms with Crippen LogP contribution in [0.25, 0.3) is 0 Å². The molecule has 0 bridgehead atoms. The highest BCUT2D eigenvalue weighted by atomic mass is 32.2. The molecule has 17 heavy (non-hydrogen) atoms. The van der Waals surface area contributed by atoms with E-state index in [1.54, 1.807) is 18.2 Å². The molecule has 94 valence electrons. The Kier molecular flexibility index (Phi) is 3.66. The van der Waals surface area contributed by atoms with Gasteiger partial charge in [0.1, 0.15) is 4.90 Å². The van der Waals surface area contributed by atoms with E-state index < -0.39 is 10.0 Å². The first-order chi connectivity index (χ1) is 8.07. The molecule has 1 unspecified atom stereocenters. The number of primary sulfonamides is 1. The van der Waals surface area contributed by atoms with Crippen molar-refractivity contribution in [3.8, 4) is 0 Å². The second-order valence-corrected chi connectivity index (χ2v) is 5.59. The van der Waals surface area contributed by atoms with Gasteiger partial charge in [0.25, 0.3) is 0 Å². The van der Waals surface area contributed by atoms with E-state index in [4.69, 9.17) is 9.88 Å². The number of hydrogen-bond donors (Lipinski definition) is 2. The lowest BCUT2D eigenvalue weighted by molar-refractivity contribution is 0.120. The maximum atomic E-state index is 11.4. The highest BCUT2D eigenvalue weighted by molar-refractivity contribution is 7.89. The molecule has 0 aliphatic carbocycles. The molecule has 2 rings (SSSR count). The zero-order valence-corrected chi connectivity index (χ0v) is 10.2. The Morgan fingerprint density at radius 3 is 2.82 bits per heavy atom. The molecule has 1 saturated heterocycles. The van der Waals surface area contributed by atoms with Crippen molar-refractivity contribution in [2.45, 2.75) is 23.8 Å². The van der Waals surface area contributed by atoms with Gasteiger partial charge in [0, 0.05) is 13.2 Å². The molecule has 0 aromatic heterocycles. The van der Waals surface area contributed by atoms with E-state index in [-0.39, 0.29) is 11.0 Å². The van der Waals surface area contributed by atoms with Crippen molar-refractivity contribution in [1.82, 2.24) is 0 Å². The van der Waals surface area contributed by atoms with Crippen molar-refractivity contribution in [3.63, 3.8) is 0 Å². The van der Waals surface area contributed by atoms with Gasteiger partial charge in [-0.1, -0.05) is 12.1 Å². The van der Waals surface area contributed by atoms with Crippen molar-refractivity contribution in [2.75, 3.05) is 18.5 Å². The monoisotopic (exact) mass is 256 g/mol. The summed E-state index contributed by atoms with van der Waals surface area (Å²) in [7, 11) is -3.68. The zero-order valence-electron chi connectivity index (χ0n) is 9.43. The second kappa shape index (κ2) is 5.03. The molecular weight excluding hydrogens is 240 g/mol. The van der Waals surface area contributed by atoms with Gasteiger partial charge in [-0.05, 0) is 25.0 Å². The van der Waals surface area contributed by atoms with Crippen LogP contribution in [0.5, 0.6) is 0 Å². The van der Waals surface area contributed by atoms with Crippen LogP contribution in [-0.2, 0) is 14.8 Å². The largest absolute Gasteiger partial charge is 0.381 e. The molecule has 1 fully saturated rings. The van der Waals surface area contributed by atoms with Gasteiger partial charge in [-0.2, -0.15) is 0 Å². The molecule has 6 heteroatoms. The van der Waals surface area contributed by atoms with E-state index in [0.717, 1.165) is 19.4 Å². The van der Waals surface area contributed by atoms with Gasteiger partial charge in [0.15, 0.2) is 0 Å². The second-order valence-electron chi connectivity index (χ2n) is 4.06. The Labute approximate surface area is 101 Å². The molecule has 1 aromatic rings. The quantitative estimate of drug-likeness (QED) is 0.839. The Bertz CT molecular complexity index is 481. The number of anilines is 1. The van der Waals surface area contributed by atoms with Crippen molar-refractivity contribution < 1.29 is 13.2 Å². The van der Waals surface area contributed by atoms with Crippen LogP contribution in [-0.4, -0.2) is 27.7 Å². The maximum Gasteiger partial charge on any atom is 0.240 e. The first-order valence-corrected chi connectivity index (χ1v) is 7.09. The van der Waals surface area contributed by atoms with Crippen LogP contribution < -0.4 is 10.5 Å². The van der Waals surface area contributed by atoms with Gasteiger partial charge in [0.05, 0.1) is 11.8 Å². The SMILES string of the molecule is NS(=O)(=O)c1ccccc1NCC1CCCO1. The lowest BCUT2D eigenvalue weighted by Crippen LogP contribution is -2.21. The van der Waals surface area contributed by atoms with Crippen molar-refractivity contribution in [3.05, 3.63) is 24.3 Å². The number of hydrogen-bond acceptors (Lipinski definition) is 4. The molecule has 1 heterocycles. The van der Waals surface area contributed by atoms with Crippen LogP contribution in [0.15, 0.2) is 29.2 Å². The van der Waals surface area contributed by atoms with E-state index in [0.29, 0.717) is 12.2 Å². The minimum atomic E-state index is -3.68. The van der Waals surface area contributed by atoms with Crippen molar-refractivity contribution >= 4 is 15.7 Å². The van der Waals surface area contributed by atoms with Crippen molar-refractivity contribution in [2.24, 2.45) is 5.14 Å². The average Bonchev–Trinajstić information content (AvgIpc) is 2.78. The molecule has 5 nitrogen and oxygen atoms in total. The Balaban J connectivity index is 2.09. The number of sulfonamides is 1. The first kappa shape index (κ1) is 12.3. The fourth-order valence-corrected chi connectivity index (χ4v) is 2.60. The van der Waals surface area contributed by atoms with Crippen LogP contribution in [0.3, 0.4) is 0 Å². The topological polar surface area (TPSA) is 81.4 Å². The van der Waals surface area contributed by atoms with Gasteiger partial charge >= 0.3 is 0 Å². The summed E-state index contributed by atoms with van der Waals surface area (Å²) in [6.07, 6.45) is 2.22. The minimum Gasteiger partial charge on any atom is -0.381 e. The fourth-order valence-electron chi connectivity index (χ4n) is 1.89. The third kappa shape index (κ3) is 3.18. The molecule has 1 aliphatic heterocycles. The summed E-state index contributed by atoms with van der Waals surface area (Å²) in [5.74, 6) is 0. The summed E-state index contributed by atoms with van der Waals surface area (Å²) in [5.41, 5.74) is 0.533. The molecule has 1 aromatic carbocycles. The molecule has 0 saturated carbocycles. The Morgan fingerprint density at radius 2 is 2.18 bits per heavy atom. The summed E-state index contributed by atoms with van der Waals surface area (Å²) in [4.78, 5) is 0.123. The summed E-state index contributed by atoms with van der Waals surface area (Å²) >= 11 is 0. The van der Waals surface area contributed by atoms with Crippen LogP contribution >= 0.6 is 0 Å². The van der Waals surface area contributed by atoms with Crippen LogP contribution in [0.1, 0.15) is 12.8 Å². The summed E-state index contributed by atoms with van der Waals surface area (Å²) < 4.78 is 28.2. The van der Waals surface area contributed by atoms with Crippen LogP contribution in [0.4, 0.5) is 5.69 Å². The first-order valence-electron chi connectivity index (χ1n) is 5.54. The molecule has 0 radical (unpaired) electrons. The lowest BCUT2D eigenvalue weighted by atomic mass is 10.2. The smallest absolute Gasteiger partial charge is 0.240 e. The summed E-state index contributed by atoms with van der Waals surface area (Å²) in [6.45, 7) is 1.38. The molecule has 1 atom stereocenters. The number of ether oxygens (including phenoxy) is 1. The van der Waals surface area contributed by atoms with Crippen LogP contribution in [0, 0.1) is 0 Å². The predicted molar refractivity (Wildman–Crippen MR) is 65.3 cm³/mol. The Hall–Kier alpha value is -1.11. The van der Waals surface area contributed by atoms with Crippen molar-refractivity contribution in [1.29, 1.82) is 0 Å². The number of benzene rings is 1. The molecule has 1 aliphatic rings. The minimum absolute atomic E-state index is 0.123. The molecule has 0 spiro atoms. The fraction of sp³-hybridized carbons (Fsp3) is 0.455. The van der Waals surface area contributed by atoms with Gasteiger partial charge in [-0.15, -0.1) is 0 Å². The van der Waals surface area contributed by atoms with Gasteiger partial charge in [0.2, 0.25) is 10.0 Å². The number of rotatable bonds is 4. The number of nitrogens with two attached hydrogens (primary N) is 1. The average molecular weight is 256 g/mol. The van der Waals surface area contributed by atoms with E-state index in [1.165, 1.54) is 6.07 Å². The zero-order chi connectivity index (χ0) is 12.3. The standard InChI is InChI=1S/C11H16N2O3S/c12-17(14,15)11-6-2-1-5-10(11)13-8-9-4-3-7-16-9/h1-2,5-6,9,13H,3-4,7-8H2,(H2,12,14,15). The lowest BCUT2D eigenvalue weighted by Gasteiger charge is -2.14. The summed E-state index contributed by atoms with van der Waals surface area (Å²) in [5, 5.41) is 8.22.